The molecule has 4 aromatic heterocycles. The Balaban J connectivity index is -0.000000246. The van der Waals surface area contributed by atoms with Crippen LogP contribution in [-0.4, -0.2) is 139 Å². The van der Waals surface area contributed by atoms with Crippen LogP contribution in [-0.2, 0) is 26.6 Å². The van der Waals surface area contributed by atoms with Crippen molar-refractivity contribution >= 4 is 28.7 Å². The highest BCUT2D eigenvalue weighted by molar-refractivity contribution is 5.58. The minimum absolute atomic E-state index is 0.0150. The van der Waals surface area contributed by atoms with Crippen LogP contribution < -0.4 is 36.8 Å². The number of aryl methyl sites for hydroxylation is 4. The summed E-state index contributed by atoms with van der Waals surface area (Å²) in [7, 11) is 1.94. The molecular weight excluding hydrogens is 1600 g/mol. The molecule has 5 aliphatic rings. The average Bonchev–Trinajstić information content (AvgIpc) is 1.68. The lowest BCUT2D eigenvalue weighted by Gasteiger charge is -2.33. The molecule has 3 aliphatic heterocycles. The van der Waals surface area contributed by atoms with Crippen molar-refractivity contribution in [3.05, 3.63) is 137 Å². The zero-order valence-electron chi connectivity index (χ0n) is 89.5. The van der Waals surface area contributed by atoms with Gasteiger partial charge in [0.25, 0.3) is 0 Å². The SMILES string of the molecule is CC(C)N1CCC(CO)CC1.CC(C)N1CCc2ccccc21.CC(C)N1Cc2ccccc2C1.CC(C)NC1CC2CCC1C2.CC(C)NCCC(F)(F)F.CC(C)Nc1ccc(F)cn1.CC(C)Nc1ccc(F)nc1.CCC.CCC.CCC.CCC.CCC.CCC.CCC.CCC.CCC.Cc1cc(NC(C)C)n(C)n1.Cc1noc(C)c1NC(C)C. The number of nitrogens with one attached hydrogen (secondary N) is 6. The number of aromatic nitrogens is 5. The quantitative estimate of drug-likeness (QED) is 0.0340. The number of nitrogens with zero attached hydrogens (tertiary/aromatic N) is 8. The number of para-hydroxylation sites is 1. The van der Waals surface area contributed by atoms with Gasteiger partial charge in [0.05, 0.1) is 30.2 Å². The summed E-state index contributed by atoms with van der Waals surface area (Å²) in [5.74, 6) is 4.58. The summed E-state index contributed by atoms with van der Waals surface area (Å²) in [6.07, 6.45) is 18.7. The zero-order chi connectivity index (χ0) is 99.2. The highest BCUT2D eigenvalue weighted by Gasteiger charge is 2.39. The monoisotopic (exact) mass is 1800 g/mol. The number of pyridine rings is 2. The summed E-state index contributed by atoms with van der Waals surface area (Å²) >= 11 is 0. The fourth-order valence-corrected chi connectivity index (χ4v) is 12.2. The van der Waals surface area contributed by atoms with E-state index >= 15 is 0 Å². The molecular formula is C106H203F5N14O2. The zero-order valence-corrected chi connectivity index (χ0v) is 89.5. The highest BCUT2D eigenvalue weighted by Crippen LogP contribution is 2.44. The fourth-order valence-electron chi connectivity index (χ4n) is 12.2. The lowest BCUT2D eigenvalue weighted by atomic mass is 9.95. The lowest BCUT2D eigenvalue weighted by molar-refractivity contribution is -0.133. The number of rotatable bonds is 17. The van der Waals surface area contributed by atoms with E-state index in [0.717, 1.165) is 65.3 Å². The fraction of sp³-hybridized carbons (Fsp3) is 0.736. The van der Waals surface area contributed by atoms with Gasteiger partial charge in [-0.25, -0.2) is 14.4 Å². The van der Waals surface area contributed by atoms with Gasteiger partial charge >= 0.3 is 6.18 Å². The molecule has 16 nitrogen and oxygen atoms in total. The van der Waals surface area contributed by atoms with Crippen LogP contribution in [0.2, 0.25) is 0 Å². The van der Waals surface area contributed by atoms with E-state index in [1.807, 2.05) is 80.1 Å². The lowest BCUT2D eigenvalue weighted by Crippen LogP contribution is -2.39. The van der Waals surface area contributed by atoms with Gasteiger partial charge in [0, 0.05) is 112 Å². The number of likely N-dealkylation sites (tertiary alicyclic amines) is 1. The first-order valence-electron chi connectivity index (χ1n) is 49.6. The molecule has 7 heterocycles. The Labute approximate surface area is 780 Å². The topological polar surface area (TPSA) is 172 Å². The summed E-state index contributed by atoms with van der Waals surface area (Å²) < 4.78 is 65.9. The van der Waals surface area contributed by atoms with E-state index in [-0.39, 0.29) is 18.4 Å². The van der Waals surface area contributed by atoms with Gasteiger partial charge in [0.1, 0.15) is 28.8 Å². The number of benzene rings is 2. The number of fused-ring (bicyclic) bond motifs is 4. The van der Waals surface area contributed by atoms with Gasteiger partial charge in [0.2, 0.25) is 5.95 Å². The second kappa shape index (κ2) is 86.3. The molecule has 3 atom stereocenters. The molecule has 0 spiro atoms. The molecule has 3 fully saturated rings. The summed E-state index contributed by atoms with van der Waals surface area (Å²) in [6.45, 7) is 88.4. The maximum Gasteiger partial charge on any atom is 0.390 e. The second-order valence-electron chi connectivity index (χ2n) is 36.1. The number of aliphatic hydroxyl groups excluding tert-OH is 1. The van der Waals surface area contributed by atoms with Gasteiger partial charge in [-0.15, -0.1) is 0 Å². The van der Waals surface area contributed by atoms with Gasteiger partial charge in [0.15, 0.2) is 5.76 Å². The van der Waals surface area contributed by atoms with Crippen LogP contribution in [0.15, 0.2) is 95.8 Å². The molecule has 0 amide bonds. The second-order valence-corrected chi connectivity index (χ2v) is 36.1. The van der Waals surface area contributed by atoms with E-state index in [4.69, 9.17) is 9.63 Å². The van der Waals surface area contributed by atoms with E-state index in [9.17, 15) is 22.0 Å². The van der Waals surface area contributed by atoms with Crippen LogP contribution in [0.1, 0.15) is 386 Å². The average molecular weight is 1800 g/mol. The van der Waals surface area contributed by atoms with E-state index in [2.05, 4.69) is 323 Å². The Bertz CT molecular complexity index is 3150. The van der Waals surface area contributed by atoms with Gasteiger partial charge in [-0.2, -0.15) is 22.7 Å². The first-order valence-corrected chi connectivity index (χ1v) is 49.6. The standard InChI is InChI=1S/2C11H15N.C10H19N.C9H19NO.2C8H11FN2.C8H15N3.C8H14N2O.C6H12F3N.9C3H8/c1-9(2)12-7-10-5-3-4-6-11(10)8-12;1-9(2)12-8-7-10-5-3-4-6-11(10)12;1-7(2)11-10-6-8-3-4-9(10)5-8;1-8(2)10-5-3-9(7-11)4-6-10;1-6(2)11-7-3-4-8(9)10-5-7;1-6(2)11-8-4-3-7(9)5-10-8;1-6(2)9-8-5-7(3)10-11(8)4;1-5(2)9-8-6(3)10-11-7(8)4;1-5(2)10-4-3-6(7,8)9;9*1-3-2/h2*3-6,9H,7-8H2,1-2H3;7-11H,3-6H2,1-2H3;8-9,11H,3-7H2,1-2H3;3-6,11H,1-2H3;3-6H,1-2H3,(H,10,11);5-6,9H,1-4H3;5,9H,1-4H3;5,10H,3-4H2,1-2H3;9*3H2,1-2H3. The molecule has 744 valence electrons. The predicted molar refractivity (Wildman–Crippen MR) is 552 cm³/mol. The molecule has 21 heteroatoms. The van der Waals surface area contributed by atoms with Crippen molar-refractivity contribution in [2.24, 2.45) is 24.8 Å². The summed E-state index contributed by atoms with van der Waals surface area (Å²) in [5.41, 5.74) is 9.81. The molecule has 127 heavy (non-hydrogen) atoms. The Hall–Kier alpha value is -6.39. The predicted octanol–water partition coefficient (Wildman–Crippen LogP) is 30.6. The molecule has 1 saturated heterocycles. The van der Waals surface area contributed by atoms with Crippen molar-refractivity contribution in [1.82, 2.24) is 45.3 Å². The first-order chi connectivity index (χ1) is 59.8. The molecule has 3 unspecified atom stereocenters. The van der Waals surface area contributed by atoms with Crippen molar-refractivity contribution in [1.29, 1.82) is 0 Å². The summed E-state index contributed by atoms with van der Waals surface area (Å²) in [5, 5.41) is 36.0. The largest absolute Gasteiger partial charge is 0.396 e. The third kappa shape index (κ3) is 78.0. The van der Waals surface area contributed by atoms with Crippen LogP contribution in [0, 0.1) is 50.3 Å². The molecule has 2 bridgehead atoms. The van der Waals surface area contributed by atoms with Gasteiger partial charge in [-0.1, -0.05) is 264 Å². The van der Waals surface area contributed by atoms with Crippen LogP contribution in [0.25, 0.3) is 0 Å². The summed E-state index contributed by atoms with van der Waals surface area (Å²) in [4.78, 5) is 14.8. The number of piperidine rings is 1. The molecule has 2 aliphatic carbocycles. The number of hydrogen-bond donors (Lipinski definition) is 7. The maximum absolute atomic E-state index is 12.3. The minimum Gasteiger partial charge on any atom is -0.396 e. The van der Waals surface area contributed by atoms with Gasteiger partial charge in [-0.3, -0.25) is 9.58 Å². The van der Waals surface area contributed by atoms with Crippen molar-refractivity contribution in [3.8, 4) is 0 Å². The first kappa shape index (κ1) is 134. The normalized spacial score (nSPS) is 14.6. The smallest absolute Gasteiger partial charge is 0.390 e. The Morgan fingerprint density at radius 3 is 1.29 bits per heavy atom. The van der Waals surface area contributed by atoms with Crippen LogP contribution in [0.3, 0.4) is 0 Å². The van der Waals surface area contributed by atoms with E-state index < -0.39 is 18.5 Å². The number of alkyl halides is 3. The van der Waals surface area contributed by atoms with Crippen molar-refractivity contribution < 1.29 is 31.6 Å². The Morgan fingerprint density at radius 2 is 0.953 bits per heavy atom. The number of anilines is 5. The van der Waals surface area contributed by atoms with Crippen LogP contribution in [0.4, 0.5) is 50.6 Å². The van der Waals surface area contributed by atoms with Gasteiger partial charge in [-0.05, 0) is 234 Å². The summed E-state index contributed by atoms with van der Waals surface area (Å²) in [6, 6.07) is 30.7. The molecule has 0 radical (unpaired) electrons. The minimum atomic E-state index is -4.03. The van der Waals surface area contributed by atoms with Crippen molar-refractivity contribution in [3.63, 3.8) is 0 Å². The molecule has 2 aromatic carbocycles. The third-order valence-corrected chi connectivity index (χ3v) is 17.3. The van der Waals surface area contributed by atoms with Crippen molar-refractivity contribution in [2.75, 3.05) is 59.0 Å². The van der Waals surface area contributed by atoms with Crippen LogP contribution in [0.5, 0.6) is 0 Å². The third-order valence-electron chi connectivity index (χ3n) is 17.3. The van der Waals surface area contributed by atoms with Crippen LogP contribution >= 0.6 is 0 Å². The van der Waals surface area contributed by atoms with E-state index in [1.54, 1.807) is 12.1 Å². The molecule has 11 rings (SSSR count). The van der Waals surface area contributed by atoms with Crippen molar-refractivity contribution in [2.45, 2.75) is 459 Å². The Morgan fingerprint density at radius 1 is 0.488 bits per heavy atom. The number of hydrogen-bond acceptors (Lipinski definition) is 15. The molecule has 7 N–H and O–H groups in total. The number of halogens is 5. The van der Waals surface area contributed by atoms with Gasteiger partial charge < -0.3 is 51.3 Å². The molecule has 2 saturated carbocycles. The number of aliphatic hydroxyl groups is 1. The Kier molecular flexibility index (Phi) is 90.9. The molecule has 6 aromatic rings. The van der Waals surface area contributed by atoms with E-state index in [0.29, 0.717) is 66.7 Å². The maximum atomic E-state index is 12.3. The van der Waals surface area contributed by atoms with E-state index in [1.165, 1.54) is 169 Å². The highest BCUT2D eigenvalue weighted by atomic mass is 19.4.